The van der Waals surface area contributed by atoms with Gasteiger partial charge in [-0.3, -0.25) is 9.48 Å². The maximum atomic E-state index is 12.3. The lowest BCUT2D eigenvalue weighted by Crippen LogP contribution is -2.64. The van der Waals surface area contributed by atoms with Gasteiger partial charge in [-0.1, -0.05) is 19.6 Å². The van der Waals surface area contributed by atoms with Gasteiger partial charge in [-0.05, 0) is 19.0 Å². The van der Waals surface area contributed by atoms with E-state index in [-0.39, 0.29) is 30.8 Å². The minimum atomic E-state index is -3.37. The Labute approximate surface area is 217 Å². The lowest BCUT2D eigenvalue weighted by atomic mass is 9.89. The predicted octanol–water partition coefficient (Wildman–Crippen LogP) is 2.59. The first-order chi connectivity index (χ1) is 17.4. The van der Waals surface area contributed by atoms with E-state index in [2.05, 4.69) is 35.8 Å². The molecule has 0 spiro atoms. The van der Waals surface area contributed by atoms with Crippen molar-refractivity contribution in [2.45, 2.75) is 51.3 Å². The van der Waals surface area contributed by atoms with Crippen LogP contribution in [-0.4, -0.2) is 71.5 Å². The first-order valence-electron chi connectivity index (χ1n) is 12.2. The highest BCUT2D eigenvalue weighted by Gasteiger charge is 2.49. The van der Waals surface area contributed by atoms with Gasteiger partial charge in [-0.15, -0.1) is 0 Å². The van der Waals surface area contributed by atoms with Gasteiger partial charge in [0.25, 0.3) is 5.91 Å². The average Bonchev–Trinajstić information content (AvgIpc) is 3.45. The first kappa shape index (κ1) is 27.0. The minimum Gasteiger partial charge on any atom is -0.366 e. The molecule has 0 atom stereocenters. The van der Waals surface area contributed by atoms with E-state index >= 15 is 0 Å². The van der Waals surface area contributed by atoms with Gasteiger partial charge in [0.2, 0.25) is 10.0 Å². The average molecular weight is 544 g/mol. The Kier molecular flexibility index (Phi) is 7.31. The third-order valence-corrected chi connectivity index (χ3v) is 10.2. The van der Waals surface area contributed by atoms with E-state index in [1.54, 1.807) is 24.0 Å². The summed E-state index contributed by atoms with van der Waals surface area (Å²) in [5, 5.41) is 14.7. The van der Waals surface area contributed by atoms with Crippen LogP contribution in [0.25, 0.3) is 22.2 Å². The van der Waals surface area contributed by atoms with Crippen LogP contribution >= 0.6 is 0 Å². The second-order valence-corrected chi connectivity index (χ2v) is 18.6. The number of ether oxygens (including phenoxy) is 1. The maximum Gasteiger partial charge on any atom is 0.250 e. The van der Waals surface area contributed by atoms with Gasteiger partial charge in [-0.2, -0.15) is 14.7 Å². The summed E-state index contributed by atoms with van der Waals surface area (Å²) < 4.78 is 35.4. The molecule has 1 aliphatic heterocycles. The predicted molar refractivity (Wildman–Crippen MR) is 143 cm³/mol. The highest BCUT2D eigenvalue weighted by atomic mass is 32.2. The van der Waals surface area contributed by atoms with Gasteiger partial charge < -0.3 is 15.0 Å². The fourth-order valence-electron chi connectivity index (χ4n) is 4.47. The molecule has 1 aliphatic rings. The second-order valence-electron chi connectivity index (χ2n) is 10.7. The minimum absolute atomic E-state index is 0.00416. The Morgan fingerprint density at radius 2 is 2.03 bits per heavy atom. The van der Waals surface area contributed by atoms with Crippen LogP contribution in [0.1, 0.15) is 23.7 Å². The van der Waals surface area contributed by atoms with Crippen molar-refractivity contribution in [1.29, 1.82) is 5.26 Å². The molecule has 0 saturated carbocycles. The zero-order chi connectivity index (χ0) is 27.0. The number of pyridine rings is 1. The Balaban J connectivity index is 1.67. The summed E-state index contributed by atoms with van der Waals surface area (Å²) in [5.74, 6) is -0.623. The van der Waals surface area contributed by atoms with Gasteiger partial charge in [0.15, 0.2) is 0 Å². The smallest absolute Gasteiger partial charge is 0.250 e. The lowest BCUT2D eigenvalue weighted by molar-refractivity contribution is 0.0719. The molecule has 37 heavy (non-hydrogen) atoms. The summed E-state index contributed by atoms with van der Waals surface area (Å²) in [6.07, 6.45) is 6.78. The van der Waals surface area contributed by atoms with E-state index in [0.717, 1.165) is 11.4 Å². The van der Waals surface area contributed by atoms with Crippen LogP contribution in [0, 0.1) is 11.3 Å². The number of hydrogen-bond donors (Lipinski definition) is 1. The summed E-state index contributed by atoms with van der Waals surface area (Å²) >= 11 is 0. The standard InChI is InChI=1S/C24H33N7O4SSi/c1-5-36(33,34)30-15-24(16-30,7-8-25)31-14-18(12-28-31)21-19-6-9-29(17-35-10-11-37(2,3)4)23(19)27-13-20(21)22(26)32/h6,9,12-14H,5,7,10-11,15-17H2,1-4H3,(H2,26,32). The molecule has 11 nitrogen and oxygen atoms in total. The summed E-state index contributed by atoms with van der Waals surface area (Å²) in [7, 11) is -4.57. The Bertz CT molecular complexity index is 1460. The number of primary amides is 1. The zero-order valence-corrected chi connectivity index (χ0v) is 23.5. The number of aromatic nitrogens is 4. The summed E-state index contributed by atoms with van der Waals surface area (Å²) in [4.78, 5) is 16.8. The number of nitrogens with zero attached hydrogens (tertiary/aromatic N) is 6. The topological polar surface area (TPSA) is 149 Å². The number of carbonyl (C=O) groups is 1. The third-order valence-electron chi connectivity index (χ3n) is 6.75. The van der Waals surface area contributed by atoms with Crippen LogP contribution in [0.3, 0.4) is 0 Å². The van der Waals surface area contributed by atoms with E-state index in [1.165, 1.54) is 10.5 Å². The molecular weight excluding hydrogens is 510 g/mol. The van der Waals surface area contributed by atoms with Crippen molar-refractivity contribution in [2.75, 3.05) is 25.4 Å². The molecule has 0 aromatic carbocycles. The van der Waals surface area contributed by atoms with Crippen LogP contribution in [0.2, 0.25) is 25.7 Å². The maximum absolute atomic E-state index is 12.3. The quantitative estimate of drug-likeness (QED) is 0.288. The Morgan fingerprint density at radius 1 is 1.30 bits per heavy atom. The number of carbonyl (C=O) groups excluding carboxylic acids is 1. The number of nitrogens with two attached hydrogens (primary N) is 1. The van der Waals surface area contributed by atoms with Crippen molar-refractivity contribution in [3.63, 3.8) is 0 Å². The van der Waals surface area contributed by atoms with Crippen molar-refractivity contribution in [2.24, 2.45) is 5.73 Å². The van der Waals surface area contributed by atoms with Gasteiger partial charge in [0.1, 0.15) is 17.9 Å². The van der Waals surface area contributed by atoms with Crippen molar-refractivity contribution in [1.82, 2.24) is 23.6 Å². The molecule has 1 amide bonds. The zero-order valence-electron chi connectivity index (χ0n) is 21.6. The molecule has 1 fully saturated rings. The van der Waals surface area contributed by atoms with E-state index in [1.807, 2.05) is 16.8 Å². The van der Waals surface area contributed by atoms with Gasteiger partial charge in [0, 0.05) is 62.9 Å². The largest absolute Gasteiger partial charge is 0.366 e. The van der Waals surface area contributed by atoms with Gasteiger partial charge in [0.05, 0.1) is 30.0 Å². The number of fused-ring (bicyclic) bond motifs is 1. The van der Waals surface area contributed by atoms with Crippen molar-refractivity contribution in [3.8, 4) is 17.2 Å². The Hall–Kier alpha value is -3.05. The normalized spacial score (nSPS) is 16.0. The number of nitriles is 1. The summed E-state index contributed by atoms with van der Waals surface area (Å²) in [6.45, 7) is 9.81. The molecule has 198 valence electrons. The van der Waals surface area contributed by atoms with E-state index in [9.17, 15) is 18.5 Å². The first-order valence-corrected chi connectivity index (χ1v) is 17.5. The lowest BCUT2D eigenvalue weighted by Gasteiger charge is -2.47. The highest BCUT2D eigenvalue weighted by Crippen LogP contribution is 2.37. The van der Waals surface area contributed by atoms with E-state index in [0.29, 0.717) is 30.1 Å². The summed E-state index contributed by atoms with van der Waals surface area (Å²) in [5.41, 5.74) is 7.05. The Morgan fingerprint density at radius 3 is 2.65 bits per heavy atom. The van der Waals surface area contributed by atoms with Crippen LogP contribution in [0.15, 0.2) is 30.9 Å². The van der Waals surface area contributed by atoms with Crippen LogP contribution in [0.4, 0.5) is 0 Å². The highest BCUT2D eigenvalue weighted by molar-refractivity contribution is 7.89. The molecule has 2 N–H and O–H groups in total. The molecule has 4 heterocycles. The fraction of sp³-hybridized carbons (Fsp3) is 0.500. The monoisotopic (exact) mass is 543 g/mol. The third kappa shape index (κ3) is 5.33. The number of hydrogen-bond acceptors (Lipinski definition) is 7. The molecule has 0 aliphatic carbocycles. The SMILES string of the molecule is CCS(=O)(=O)N1CC(CC#N)(n2cc(-c3c(C(N)=O)cnc4c3ccn4COCC[Si](C)(C)C)cn2)C1. The van der Waals surface area contributed by atoms with Crippen molar-refractivity contribution >= 4 is 35.0 Å². The molecule has 3 aromatic heterocycles. The fourth-order valence-corrected chi connectivity index (χ4v) is 6.46. The summed E-state index contributed by atoms with van der Waals surface area (Å²) in [6, 6.07) is 5.08. The van der Waals surface area contributed by atoms with Gasteiger partial charge >= 0.3 is 0 Å². The van der Waals surface area contributed by atoms with Crippen LogP contribution in [-0.2, 0) is 27.0 Å². The molecule has 4 rings (SSSR count). The molecule has 0 unspecified atom stereocenters. The molecular formula is C24H33N7O4SSi. The molecule has 0 bridgehead atoms. The number of sulfonamides is 1. The van der Waals surface area contributed by atoms with Gasteiger partial charge in [-0.25, -0.2) is 13.4 Å². The van der Waals surface area contributed by atoms with E-state index < -0.39 is 29.5 Å². The molecule has 0 radical (unpaired) electrons. The molecule has 13 heteroatoms. The van der Waals surface area contributed by atoms with Crippen molar-refractivity contribution in [3.05, 3.63) is 36.4 Å². The number of amides is 1. The molecule has 1 saturated heterocycles. The molecule has 3 aromatic rings. The van der Waals surface area contributed by atoms with Crippen molar-refractivity contribution < 1.29 is 17.9 Å². The number of rotatable bonds is 11. The second kappa shape index (κ2) is 10.0. The van der Waals surface area contributed by atoms with E-state index in [4.69, 9.17) is 10.5 Å². The van der Waals surface area contributed by atoms with Crippen LogP contribution < -0.4 is 5.73 Å². The van der Waals surface area contributed by atoms with Crippen LogP contribution in [0.5, 0.6) is 0 Å².